The van der Waals surface area contributed by atoms with Crippen LogP contribution in [0.5, 0.6) is 0 Å². The van der Waals surface area contributed by atoms with Gasteiger partial charge in [-0.3, -0.25) is 14.5 Å². The van der Waals surface area contributed by atoms with Crippen molar-refractivity contribution in [3.05, 3.63) is 35.4 Å². The summed E-state index contributed by atoms with van der Waals surface area (Å²) < 4.78 is 0. The molecule has 1 N–H and O–H groups in total. The predicted octanol–water partition coefficient (Wildman–Crippen LogP) is 2.52. The van der Waals surface area contributed by atoms with Crippen LogP contribution in [0.2, 0.25) is 0 Å². The average Bonchev–Trinajstić information content (AvgIpc) is 2.99. The van der Waals surface area contributed by atoms with Crippen LogP contribution in [0.3, 0.4) is 0 Å². The van der Waals surface area contributed by atoms with Crippen LogP contribution in [0.15, 0.2) is 24.3 Å². The summed E-state index contributed by atoms with van der Waals surface area (Å²) in [5.41, 5.74) is 1.55. The Morgan fingerprint density at radius 3 is 2.71 bits per heavy atom. The number of carbonyl (C=O) groups excluding carboxylic acids is 2. The molecule has 0 aromatic heterocycles. The van der Waals surface area contributed by atoms with E-state index in [0.717, 1.165) is 31.4 Å². The van der Waals surface area contributed by atoms with E-state index in [1.165, 1.54) is 4.90 Å². The van der Waals surface area contributed by atoms with Crippen molar-refractivity contribution in [1.82, 2.24) is 10.2 Å². The Labute approximate surface area is 126 Å². The third-order valence-electron chi connectivity index (χ3n) is 4.01. The Morgan fingerprint density at radius 1 is 1.33 bits per heavy atom. The molecule has 1 unspecified atom stereocenters. The molecule has 1 fully saturated rings. The summed E-state index contributed by atoms with van der Waals surface area (Å²) in [6.07, 6.45) is 3.08. The second-order valence-corrected chi connectivity index (χ2v) is 5.63. The lowest BCUT2D eigenvalue weighted by Gasteiger charge is -2.27. The van der Waals surface area contributed by atoms with Crippen LogP contribution < -0.4 is 5.32 Å². The molecular weight excluding hydrogens is 264 g/mol. The first-order valence-corrected chi connectivity index (χ1v) is 7.78. The number of nitrogens with one attached hydrogen (secondary N) is 1. The number of benzene rings is 1. The van der Waals surface area contributed by atoms with Gasteiger partial charge in [0.1, 0.15) is 0 Å². The molecule has 2 rings (SSSR count). The van der Waals surface area contributed by atoms with Crippen molar-refractivity contribution in [2.45, 2.75) is 45.6 Å². The summed E-state index contributed by atoms with van der Waals surface area (Å²) in [7, 11) is 0. The fraction of sp³-hybridized carbons (Fsp3) is 0.529. The van der Waals surface area contributed by atoms with Gasteiger partial charge in [-0.2, -0.15) is 0 Å². The summed E-state index contributed by atoms with van der Waals surface area (Å²) >= 11 is 0. The number of carbonyl (C=O) groups is 2. The first-order valence-electron chi connectivity index (χ1n) is 7.78. The molecule has 2 amide bonds. The number of unbranched alkanes of at least 4 members (excludes halogenated alkanes) is 1. The number of amides is 2. The highest BCUT2D eigenvalue weighted by Gasteiger charge is 2.32. The van der Waals surface area contributed by atoms with Crippen LogP contribution in [0.4, 0.5) is 0 Å². The fourth-order valence-electron chi connectivity index (χ4n) is 2.73. The zero-order valence-electron chi connectivity index (χ0n) is 12.9. The zero-order valence-corrected chi connectivity index (χ0v) is 12.9. The van der Waals surface area contributed by atoms with Gasteiger partial charge < -0.3 is 5.32 Å². The molecule has 4 nitrogen and oxygen atoms in total. The van der Waals surface area contributed by atoms with Gasteiger partial charge in [0.2, 0.25) is 5.91 Å². The van der Waals surface area contributed by atoms with E-state index in [0.29, 0.717) is 18.5 Å². The van der Waals surface area contributed by atoms with Crippen molar-refractivity contribution < 1.29 is 9.59 Å². The molecule has 1 aromatic carbocycles. The maximum Gasteiger partial charge on any atom is 0.261 e. The van der Waals surface area contributed by atoms with Gasteiger partial charge in [-0.25, -0.2) is 0 Å². The summed E-state index contributed by atoms with van der Waals surface area (Å²) in [5, 5.41) is 3.24. The molecule has 4 heteroatoms. The first kappa shape index (κ1) is 15.7. The molecule has 1 atom stereocenters. The molecule has 114 valence electrons. The van der Waals surface area contributed by atoms with E-state index in [-0.39, 0.29) is 17.9 Å². The molecule has 0 bridgehead atoms. The standard InChI is InChI=1S/C17H24N2O2/c1-3-4-9-16(20)19(14-10-11-18-12-14)17(21)15-8-6-5-7-13(15)2/h5-8,14,18H,3-4,9-12H2,1-2H3. The van der Waals surface area contributed by atoms with Crippen LogP contribution in [0, 0.1) is 6.92 Å². The van der Waals surface area contributed by atoms with Gasteiger partial charge in [-0.15, -0.1) is 0 Å². The minimum Gasteiger partial charge on any atom is -0.315 e. The van der Waals surface area contributed by atoms with Crippen molar-refractivity contribution in [2.75, 3.05) is 13.1 Å². The van der Waals surface area contributed by atoms with E-state index in [9.17, 15) is 9.59 Å². The molecule has 1 aliphatic rings. The number of imide groups is 1. The molecule has 1 aromatic rings. The average molecular weight is 288 g/mol. The smallest absolute Gasteiger partial charge is 0.261 e. The van der Waals surface area contributed by atoms with Gasteiger partial charge in [0.15, 0.2) is 0 Å². The third-order valence-corrected chi connectivity index (χ3v) is 4.01. The van der Waals surface area contributed by atoms with Crippen molar-refractivity contribution in [3.63, 3.8) is 0 Å². The Kier molecular flexibility index (Phi) is 5.51. The number of aryl methyl sites for hydroxylation is 1. The van der Waals surface area contributed by atoms with Crippen LogP contribution in [-0.2, 0) is 4.79 Å². The van der Waals surface area contributed by atoms with E-state index in [1.807, 2.05) is 25.1 Å². The minimum atomic E-state index is -0.150. The summed E-state index contributed by atoms with van der Waals surface area (Å²) in [4.78, 5) is 26.8. The molecule has 1 aliphatic heterocycles. The van der Waals surface area contributed by atoms with Gasteiger partial charge >= 0.3 is 0 Å². The zero-order chi connectivity index (χ0) is 15.2. The predicted molar refractivity (Wildman–Crippen MR) is 83.2 cm³/mol. The largest absolute Gasteiger partial charge is 0.315 e. The topological polar surface area (TPSA) is 49.4 Å². The summed E-state index contributed by atoms with van der Waals surface area (Å²) in [6, 6.07) is 7.46. The third kappa shape index (κ3) is 3.70. The molecule has 0 aliphatic carbocycles. The molecule has 0 saturated carbocycles. The maximum atomic E-state index is 12.8. The SMILES string of the molecule is CCCCC(=O)N(C(=O)c1ccccc1C)C1CCNC1. The fourth-order valence-corrected chi connectivity index (χ4v) is 2.73. The maximum absolute atomic E-state index is 12.8. The lowest BCUT2D eigenvalue weighted by molar-refractivity contribution is -0.130. The van der Waals surface area contributed by atoms with Crippen LogP contribution >= 0.6 is 0 Å². The molecule has 21 heavy (non-hydrogen) atoms. The minimum absolute atomic E-state index is 0.0125. The number of nitrogens with zero attached hydrogens (tertiary/aromatic N) is 1. The lowest BCUT2D eigenvalue weighted by Crippen LogP contribution is -2.46. The van der Waals surface area contributed by atoms with Gasteiger partial charge in [-0.05, 0) is 37.9 Å². The van der Waals surface area contributed by atoms with Crippen molar-refractivity contribution in [2.24, 2.45) is 0 Å². The van der Waals surface area contributed by atoms with Gasteiger partial charge in [0.05, 0.1) is 6.04 Å². The monoisotopic (exact) mass is 288 g/mol. The quantitative estimate of drug-likeness (QED) is 0.905. The molecule has 1 heterocycles. The van der Waals surface area contributed by atoms with Crippen LogP contribution in [-0.4, -0.2) is 35.8 Å². The van der Waals surface area contributed by atoms with E-state index < -0.39 is 0 Å². The number of hydrogen-bond acceptors (Lipinski definition) is 3. The van der Waals surface area contributed by atoms with Gasteiger partial charge in [0, 0.05) is 18.5 Å². The molecular formula is C17H24N2O2. The van der Waals surface area contributed by atoms with E-state index in [1.54, 1.807) is 6.07 Å². The van der Waals surface area contributed by atoms with Crippen molar-refractivity contribution in [3.8, 4) is 0 Å². The van der Waals surface area contributed by atoms with Gasteiger partial charge in [-0.1, -0.05) is 31.5 Å². The molecule has 1 saturated heterocycles. The summed E-state index contributed by atoms with van der Waals surface area (Å²) in [5.74, 6) is -0.193. The van der Waals surface area contributed by atoms with E-state index in [4.69, 9.17) is 0 Å². The van der Waals surface area contributed by atoms with Gasteiger partial charge in [0.25, 0.3) is 5.91 Å². The molecule has 0 spiro atoms. The Bertz CT molecular complexity index is 507. The molecule has 0 radical (unpaired) electrons. The van der Waals surface area contributed by atoms with E-state index >= 15 is 0 Å². The Hall–Kier alpha value is -1.68. The van der Waals surface area contributed by atoms with Crippen LogP contribution in [0.1, 0.15) is 48.5 Å². The lowest BCUT2D eigenvalue weighted by atomic mass is 10.1. The highest BCUT2D eigenvalue weighted by molar-refractivity contribution is 6.05. The highest BCUT2D eigenvalue weighted by Crippen LogP contribution is 2.18. The Morgan fingerprint density at radius 2 is 2.10 bits per heavy atom. The number of hydrogen-bond donors (Lipinski definition) is 1. The number of rotatable bonds is 5. The van der Waals surface area contributed by atoms with Crippen molar-refractivity contribution >= 4 is 11.8 Å². The van der Waals surface area contributed by atoms with Crippen molar-refractivity contribution in [1.29, 1.82) is 0 Å². The van der Waals surface area contributed by atoms with Crippen LogP contribution in [0.25, 0.3) is 0 Å². The Balaban J connectivity index is 2.24. The normalized spacial score (nSPS) is 17.7. The second kappa shape index (κ2) is 7.36. The van der Waals surface area contributed by atoms with E-state index in [2.05, 4.69) is 12.2 Å². The second-order valence-electron chi connectivity index (χ2n) is 5.63. The summed E-state index contributed by atoms with van der Waals surface area (Å²) in [6.45, 7) is 5.53. The highest BCUT2D eigenvalue weighted by atomic mass is 16.2. The first-order chi connectivity index (χ1) is 10.1.